The monoisotopic (exact) mass is 236 g/mol. The molecule has 1 rings (SSSR count). The van der Waals surface area contributed by atoms with Gasteiger partial charge in [-0.25, -0.2) is 0 Å². The predicted octanol–water partition coefficient (Wildman–Crippen LogP) is 2.01. The van der Waals surface area contributed by atoms with Gasteiger partial charge in [-0.1, -0.05) is 6.92 Å². The number of hydrogen-bond donors (Lipinski definition) is 2. The van der Waals surface area contributed by atoms with Gasteiger partial charge in [0.25, 0.3) is 0 Å². The molecular formula is C13H20N2O2. The van der Waals surface area contributed by atoms with Gasteiger partial charge in [0.2, 0.25) is 5.91 Å². The first-order valence-corrected chi connectivity index (χ1v) is 5.79. The Hall–Kier alpha value is -1.55. The number of rotatable bonds is 6. The molecule has 3 N–H and O–H groups in total. The number of carbonyl (C=O) groups excluding carboxylic acids is 1. The summed E-state index contributed by atoms with van der Waals surface area (Å²) in [6, 6.07) is 7.28. The summed E-state index contributed by atoms with van der Waals surface area (Å²) in [5.74, 6) is 1.19. The minimum Gasteiger partial charge on any atom is -0.497 e. The fourth-order valence-electron chi connectivity index (χ4n) is 1.39. The summed E-state index contributed by atoms with van der Waals surface area (Å²) in [5.41, 5.74) is 6.29. The van der Waals surface area contributed by atoms with Crippen molar-refractivity contribution in [2.24, 2.45) is 11.7 Å². The number of amides is 1. The van der Waals surface area contributed by atoms with Crippen LogP contribution in [-0.4, -0.2) is 19.6 Å². The number of nitrogens with one attached hydrogen (secondary N) is 1. The molecule has 0 aliphatic rings. The molecule has 0 aliphatic heterocycles. The molecule has 0 saturated heterocycles. The zero-order chi connectivity index (χ0) is 12.7. The Morgan fingerprint density at radius 3 is 2.59 bits per heavy atom. The molecule has 0 fully saturated rings. The molecule has 0 heterocycles. The van der Waals surface area contributed by atoms with Gasteiger partial charge in [0.05, 0.1) is 7.11 Å². The maximum atomic E-state index is 11.6. The number of nitrogens with two attached hydrogens (primary N) is 1. The van der Waals surface area contributed by atoms with Gasteiger partial charge in [-0.05, 0) is 43.1 Å². The summed E-state index contributed by atoms with van der Waals surface area (Å²) >= 11 is 0. The van der Waals surface area contributed by atoms with Crippen LogP contribution in [0.25, 0.3) is 0 Å². The van der Waals surface area contributed by atoms with Crippen molar-refractivity contribution in [3.63, 3.8) is 0 Å². The van der Waals surface area contributed by atoms with Gasteiger partial charge in [-0.3, -0.25) is 4.79 Å². The van der Waals surface area contributed by atoms with Crippen LogP contribution in [0.2, 0.25) is 0 Å². The van der Waals surface area contributed by atoms with Gasteiger partial charge in [-0.15, -0.1) is 0 Å². The number of anilines is 1. The molecule has 0 aliphatic carbocycles. The molecule has 4 heteroatoms. The highest BCUT2D eigenvalue weighted by atomic mass is 16.5. The highest BCUT2D eigenvalue weighted by Crippen LogP contribution is 2.15. The quantitative estimate of drug-likeness (QED) is 0.794. The molecule has 94 valence electrons. The van der Waals surface area contributed by atoms with E-state index in [9.17, 15) is 4.79 Å². The van der Waals surface area contributed by atoms with E-state index in [0.717, 1.165) is 17.9 Å². The van der Waals surface area contributed by atoms with Gasteiger partial charge >= 0.3 is 0 Å². The van der Waals surface area contributed by atoms with E-state index in [4.69, 9.17) is 10.5 Å². The molecule has 0 spiro atoms. The van der Waals surface area contributed by atoms with Crippen LogP contribution in [0, 0.1) is 5.92 Å². The largest absolute Gasteiger partial charge is 0.497 e. The van der Waals surface area contributed by atoms with E-state index in [1.165, 1.54) is 0 Å². The molecular weight excluding hydrogens is 216 g/mol. The van der Waals surface area contributed by atoms with Crippen molar-refractivity contribution in [1.29, 1.82) is 0 Å². The Bertz CT molecular complexity index is 349. The number of methoxy groups -OCH3 is 1. The second kappa shape index (κ2) is 6.91. The van der Waals surface area contributed by atoms with E-state index in [0.29, 0.717) is 18.9 Å². The maximum Gasteiger partial charge on any atom is 0.224 e. The Morgan fingerprint density at radius 1 is 1.41 bits per heavy atom. The first-order valence-electron chi connectivity index (χ1n) is 5.79. The second-order valence-corrected chi connectivity index (χ2v) is 4.16. The lowest BCUT2D eigenvalue weighted by Gasteiger charge is -2.09. The summed E-state index contributed by atoms with van der Waals surface area (Å²) in [5, 5.41) is 2.84. The summed E-state index contributed by atoms with van der Waals surface area (Å²) < 4.78 is 5.04. The van der Waals surface area contributed by atoms with E-state index in [1.54, 1.807) is 7.11 Å². The first kappa shape index (κ1) is 13.5. The molecule has 1 amide bonds. The SMILES string of the molecule is COc1ccc(NC(=O)CCC(C)CN)cc1. The third-order valence-electron chi connectivity index (χ3n) is 2.64. The van der Waals surface area contributed by atoms with Crippen LogP contribution in [0.4, 0.5) is 5.69 Å². The number of carbonyl (C=O) groups is 1. The molecule has 1 aromatic rings. The van der Waals surface area contributed by atoms with Crippen LogP contribution in [0.5, 0.6) is 5.75 Å². The summed E-state index contributed by atoms with van der Waals surface area (Å²) in [6.45, 7) is 2.66. The predicted molar refractivity (Wildman–Crippen MR) is 69.1 cm³/mol. The van der Waals surface area contributed by atoms with Gasteiger partial charge in [0.1, 0.15) is 5.75 Å². The topological polar surface area (TPSA) is 64.3 Å². The van der Waals surface area contributed by atoms with Crippen LogP contribution < -0.4 is 15.8 Å². The van der Waals surface area contributed by atoms with Gasteiger partial charge in [-0.2, -0.15) is 0 Å². The molecule has 0 aromatic heterocycles. The molecule has 17 heavy (non-hydrogen) atoms. The Kier molecular flexibility index (Phi) is 5.49. The highest BCUT2D eigenvalue weighted by Gasteiger charge is 2.05. The lowest BCUT2D eigenvalue weighted by atomic mass is 10.1. The van der Waals surface area contributed by atoms with E-state index in [2.05, 4.69) is 5.32 Å². The first-order chi connectivity index (χ1) is 8.15. The average Bonchev–Trinajstić information content (AvgIpc) is 2.36. The molecule has 1 atom stereocenters. The average molecular weight is 236 g/mol. The van der Waals surface area contributed by atoms with Crippen LogP contribution in [-0.2, 0) is 4.79 Å². The van der Waals surface area contributed by atoms with Crippen molar-refractivity contribution >= 4 is 11.6 Å². The third kappa shape index (κ3) is 4.87. The second-order valence-electron chi connectivity index (χ2n) is 4.16. The van der Waals surface area contributed by atoms with E-state index < -0.39 is 0 Å². The number of hydrogen-bond acceptors (Lipinski definition) is 3. The van der Waals surface area contributed by atoms with E-state index in [1.807, 2.05) is 31.2 Å². The van der Waals surface area contributed by atoms with Gasteiger partial charge in [0.15, 0.2) is 0 Å². The summed E-state index contributed by atoms with van der Waals surface area (Å²) in [7, 11) is 1.61. The van der Waals surface area contributed by atoms with Crippen molar-refractivity contribution in [3.8, 4) is 5.75 Å². The minimum absolute atomic E-state index is 0.0236. The molecule has 0 saturated carbocycles. The molecule has 1 unspecified atom stereocenters. The lowest BCUT2D eigenvalue weighted by Crippen LogP contribution is -2.16. The molecule has 1 aromatic carbocycles. The standard InChI is InChI=1S/C13H20N2O2/c1-10(9-14)3-8-13(16)15-11-4-6-12(17-2)7-5-11/h4-7,10H,3,8-9,14H2,1-2H3,(H,15,16). The summed E-state index contributed by atoms with van der Waals surface area (Å²) in [4.78, 5) is 11.6. The minimum atomic E-state index is 0.0236. The van der Waals surface area contributed by atoms with Crippen molar-refractivity contribution < 1.29 is 9.53 Å². The van der Waals surface area contributed by atoms with Crippen molar-refractivity contribution in [2.45, 2.75) is 19.8 Å². The van der Waals surface area contributed by atoms with Crippen molar-refractivity contribution in [2.75, 3.05) is 19.0 Å². The zero-order valence-electron chi connectivity index (χ0n) is 10.4. The van der Waals surface area contributed by atoms with Gasteiger partial charge < -0.3 is 15.8 Å². The fraction of sp³-hybridized carbons (Fsp3) is 0.462. The van der Waals surface area contributed by atoms with Crippen LogP contribution in [0.1, 0.15) is 19.8 Å². The fourth-order valence-corrected chi connectivity index (χ4v) is 1.39. The highest BCUT2D eigenvalue weighted by molar-refractivity contribution is 5.90. The van der Waals surface area contributed by atoms with Crippen molar-refractivity contribution in [1.82, 2.24) is 0 Å². The Labute approximate surface area is 102 Å². The zero-order valence-corrected chi connectivity index (χ0v) is 10.4. The van der Waals surface area contributed by atoms with E-state index in [-0.39, 0.29) is 5.91 Å². The maximum absolute atomic E-state index is 11.6. The number of benzene rings is 1. The number of ether oxygens (including phenoxy) is 1. The summed E-state index contributed by atoms with van der Waals surface area (Å²) in [6.07, 6.45) is 1.32. The lowest BCUT2D eigenvalue weighted by molar-refractivity contribution is -0.116. The van der Waals surface area contributed by atoms with E-state index >= 15 is 0 Å². The van der Waals surface area contributed by atoms with Crippen LogP contribution in [0.15, 0.2) is 24.3 Å². The normalized spacial score (nSPS) is 11.9. The molecule has 0 bridgehead atoms. The van der Waals surface area contributed by atoms with Crippen LogP contribution >= 0.6 is 0 Å². The Balaban J connectivity index is 2.39. The molecule has 4 nitrogen and oxygen atoms in total. The Morgan fingerprint density at radius 2 is 2.06 bits per heavy atom. The third-order valence-corrected chi connectivity index (χ3v) is 2.64. The van der Waals surface area contributed by atoms with Crippen LogP contribution in [0.3, 0.4) is 0 Å². The molecule has 0 radical (unpaired) electrons. The van der Waals surface area contributed by atoms with Crippen molar-refractivity contribution in [3.05, 3.63) is 24.3 Å². The smallest absolute Gasteiger partial charge is 0.224 e. The van der Waals surface area contributed by atoms with Gasteiger partial charge in [0, 0.05) is 12.1 Å².